The van der Waals surface area contributed by atoms with Gasteiger partial charge < -0.3 is 0 Å². The van der Waals surface area contributed by atoms with Crippen molar-refractivity contribution < 1.29 is 4.21 Å². The van der Waals surface area contributed by atoms with E-state index in [4.69, 9.17) is 0 Å². The Morgan fingerprint density at radius 3 is 2.55 bits per heavy atom. The van der Waals surface area contributed by atoms with Gasteiger partial charge in [0.25, 0.3) is 0 Å². The molecule has 0 heterocycles. The highest BCUT2D eigenvalue weighted by Crippen LogP contribution is 2.04. The lowest BCUT2D eigenvalue weighted by Gasteiger charge is -1.95. The normalized spacial score (nSPS) is 12.4. The molecule has 1 atom stereocenters. The quantitative estimate of drug-likeness (QED) is 0.627. The summed E-state index contributed by atoms with van der Waals surface area (Å²) in [6, 6.07) is 9.40. The first kappa shape index (κ1) is 8.21. The van der Waals surface area contributed by atoms with E-state index < -0.39 is 10.8 Å². The lowest BCUT2D eigenvalue weighted by molar-refractivity contribution is 0.685. The lowest BCUT2D eigenvalue weighted by atomic mass is 10.4. The second-order valence-corrected chi connectivity index (χ2v) is 3.61. The third-order valence-corrected chi connectivity index (χ3v) is 2.61. The highest BCUT2D eigenvalue weighted by Gasteiger charge is 1.97. The first-order valence-corrected chi connectivity index (χ1v) is 4.71. The minimum atomic E-state index is -0.901. The Kier molecular flexibility index (Phi) is 3.05. The molecule has 1 aromatic rings. The van der Waals surface area contributed by atoms with E-state index >= 15 is 0 Å². The van der Waals surface area contributed by atoms with E-state index in [2.05, 4.69) is 6.58 Å². The largest absolute Gasteiger partial charge is 0.254 e. The van der Waals surface area contributed by atoms with Crippen LogP contribution >= 0.6 is 0 Å². The Balaban J connectivity index is 2.77. The number of hydrogen-bond acceptors (Lipinski definition) is 1. The molecular formula is C9H10OS. The summed E-state index contributed by atoms with van der Waals surface area (Å²) in [7, 11) is -0.901. The van der Waals surface area contributed by atoms with E-state index in [1.165, 1.54) is 0 Å². The van der Waals surface area contributed by atoms with Crippen LogP contribution in [0.4, 0.5) is 0 Å². The highest BCUT2D eigenvalue weighted by molar-refractivity contribution is 7.85. The van der Waals surface area contributed by atoms with E-state index in [-0.39, 0.29) is 0 Å². The van der Waals surface area contributed by atoms with Crippen LogP contribution in [0, 0.1) is 0 Å². The van der Waals surface area contributed by atoms with E-state index in [1.54, 1.807) is 6.08 Å². The van der Waals surface area contributed by atoms with E-state index in [0.29, 0.717) is 5.75 Å². The van der Waals surface area contributed by atoms with Gasteiger partial charge in [-0.05, 0) is 12.1 Å². The van der Waals surface area contributed by atoms with Crippen molar-refractivity contribution in [1.29, 1.82) is 0 Å². The number of rotatable bonds is 3. The number of benzene rings is 1. The lowest BCUT2D eigenvalue weighted by Crippen LogP contribution is -1.93. The molecule has 2 heteroatoms. The van der Waals surface area contributed by atoms with Gasteiger partial charge in [0, 0.05) is 10.6 Å². The van der Waals surface area contributed by atoms with Gasteiger partial charge in [0.05, 0.1) is 10.8 Å². The summed E-state index contributed by atoms with van der Waals surface area (Å²) in [5, 5.41) is 0. The van der Waals surface area contributed by atoms with Gasteiger partial charge in [-0.25, -0.2) is 0 Å². The van der Waals surface area contributed by atoms with E-state index in [0.717, 1.165) is 4.90 Å². The Morgan fingerprint density at radius 2 is 2.00 bits per heavy atom. The Morgan fingerprint density at radius 1 is 1.36 bits per heavy atom. The zero-order chi connectivity index (χ0) is 8.10. The maximum atomic E-state index is 11.3. The van der Waals surface area contributed by atoms with Crippen LogP contribution in [0.2, 0.25) is 0 Å². The summed E-state index contributed by atoms with van der Waals surface area (Å²) < 4.78 is 11.3. The first-order chi connectivity index (χ1) is 5.34. The molecule has 0 radical (unpaired) electrons. The van der Waals surface area contributed by atoms with Gasteiger partial charge in [0.2, 0.25) is 0 Å². The van der Waals surface area contributed by atoms with Crippen molar-refractivity contribution in [3.63, 3.8) is 0 Å². The predicted octanol–water partition coefficient (Wildman–Crippen LogP) is 1.98. The van der Waals surface area contributed by atoms with Crippen LogP contribution in [0.3, 0.4) is 0 Å². The summed E-state index contributed by atoms with van der Waals surface area (Å²) >= 11 is 0. The second kappa shape index (κ2) is 4.09. The van der Waals surface area contributed by atoms with E-state index in [1.807, 2.05) is 30.3 Å². The van der Waals surface area contributed by atoms with Crippen LogP contribution in [-0.4, -0.2) is 9.96 Å². The van der Waals surface area contributed by atoms with Crippen LogP contribution in [-0.2, 0) is 10.8 Å². The molecule has 1 aromatic carbocycles. The zero-order valence-electron chi connectivity index (χ0n) is 6.19. The van der Waals surface area contributed by atoms with Gasteiger partial charge in [-0.15, -0.1) is 6.58 Å². The van der Waals surface area contributed by atoms with Gasteiger partial charge >= 0.3 is 0 Å². The van der Waals surface area contributed by atoms with Gasteiger partial charge in [-0.1, -0.05) is 24.3 Å². The summed E-state index contributed by atoms with van der Waals surface area (Å²) in [4.78, 5) is 0.868. The van der Waals surface area contributed by atoms with E-state index in [9.17, 15) is 4.21 Å². The topological polar surface area (TPSA) is 17.1 Å². The van der Waals surface area contributed by atoms with Crippen molar-refractivity contribution in [2.75, 3.05) is 5.75 Å². The maximum Gasteiger partial charge on any atom is 0.0567 e. The Labute approximate surface area is 69.2 Å². The molecule has 0 spiro atoms. The fourth-order valence-electron chi connectivity index (χ4n) is 0.776. The van der Waals surface area contributed by atoms with Crippen LogP contribution in [0.1, 0.15) is 0 Å². The molecular weight excluding hydrogens is 156 g/mol. The van der Waals surface area contributed by atoms with Crippen molar-refractivity contribution >= 4 is 10.8 Å². The molecule has 1 nitrogen and oxygen atoms in total. The monoisotopic (exact) mass is 166 g/mol. The summed E-state index contributed by atoms with van der Waals surface area (Å²) in [5.41, 5.74) is 0. The molecule has 1 rings (SSSR count). The molecule has 0 aliphatic rings. The van der Waals surface area contributed by atoms with Gasteiger partial charge in [0.15, 0.2) is 0 Å². The Bertz CT molecular complexity index is 254. The summed E-state index contributed by atoms with van der Waals surface area (Å²) in [5.74, 6) is 0.532. The molecule has 11 heavy (non-hydrogen) atoms. The SMILES string of the molecule is C=CC[S@@](=O)c1ccccc1. The van der Waals surface area contributed by atoms with Gasteiger partial charge in [-0.3, -0.25) is 4.21 Å². The smallest absolute Gasteiger partial charge is 0.0567 e. The molecule has 0 aliphatic carbocycles. The molecule has 0 fully saturated rings. The van der Waals surface area contributed by atoms with Crippen molar-refractivity contribution in [3.8, 4) is 0 Å². The molecule has 0 saturated carbocycles. The average molecular weight is 166 g/mol. The zero-order valence-corrected chi connectivity index (χ0v) is 7.01. The molecule has 0 bridgehead atoms. The Hall–Kier alpha value is -0.890. The highest BCUT2D eigenvalue weighted by atomic mass is 32.2. The van der Waals surface area contributed by atoms with Gasteiger partial charge in [-0.2, -0.15) is 0 Å². The van der Waals surface area contributed by atoms with Crippen LogP contribution in [0.5, 0.6) is 0 Å². The minimum absolute atomic E-state index is 0.532. The third-order valence-electron chi connectivity index (χ3n) is 1.28. The summed E-state index contributed by atoms with van der Waals surface area (Å²) in [6.45, 7) is 3.53. The standard InChI is InChI=1S/C9H10OS/c1-2-8-11(10)9-6-4-3-5-7-9/h2-7H,1,8H2/t11-/m1/s1. The third kappa shape index (κ3) is 2.31. The molecule has 0 N–H and O–H groups in total. The van der Waals surface area contributed by atoms with Crippen molar-refractivity contribution in [2.45, 2.75) is 4.90 Å². The molecule has 0 unspecified atom stereocenters. The maximum absolute atomic E-state index is 11.3. The van der Waals surface area contributed by atoms with Crippen molar-refractivity contribution in [2.24, 2.45) is 0 Å². The van der Waals surface area contributed by atoms with Crippen LogP contribution < -0.4 is 0 Å². The number of hydrogen-bond donors (Lipinski definition) is 0. The second-order valence-electron chi connectivity index (χ2n) is 2.11. The minimum Gasteiger partial charge on any atom is -0.254 e. The molecule has 58 valence electrons. The molecule has 0 saturated heterocycles. The first-order valence-electron chi connectivity index (χ1n) is 3.39. The van der Waals surface area contributed by atoms with Crippen molar-refractivity contribution in [3.05, 3.63) is 43.0 Å². The molecule has 0 aromatic heterocycles. The van der Waals surface area contributed by atoms with Crippen molar-refractivity contribution in [1.82, 2.24) is 0 Å². The molecule has 0 amide bonds. The van der Waals surface area contributed by atoms with Crippen LogP contribution in [0.25, 0.3) is 0 Å². The van der Waals surface area contributed by atoms with Crippen LogP contribution in [0.15, 0.2) is 47.9 Å². The fourth-order valence-corrected chi connectivity index (χ4v) is 1.64. The summed E-state index contributed by atoms with van der Waals surface area (Å²) in [6.07, 6.45) is 1.67. The van der Waals surface area contributed by atoms with Gasteiger partial charge in [0.1, 0.15) is 0 Å². The predicted molar refractivity (Wildman–Crippen MR) is 47.9 cm³/mol. The molecule has 0 aliphatic heterocycles. The fraction of sp³-hybridized carbons (Fsp3) is 0.111. The average Bonchev–Trinajstić information content (AvgIpc) is 2.07.